The SMILES string of the molecule is CNC=C(C)C(N)=O. The van der Waals surface area contributed by atoms with Crippen LogP contribution in [-0.4, -0.2) is 13.0 Å². The molecule has 0 aliphatic rings. The van der Waals surface area contributed by atoms with Crippen LogP contribution in [0.2, 0.25) is 0 Å². The maximum atomic E-state index is 10.2. The lowest BCUT2D eigenvalue weighted by atomic mass is 10.3. The predicted molar refractivity (Wildman–Crippen MR) is 32.0 cm³/mol. The van der Waals surface area contributed by atoms with Crippen molar-refractivity contribution in [2.24, 2.45) is 5.73 Å². The molecular weight excluding hydrogens is 104 g/mol. The van der Waals surface area contributed by atoms with E-state index in [1.54, 1.807) is 20.2 Å². The Balaban J connectivity index is 3.80. The summed E-state index contributed by atoms with van der Waals surface area (Å²) in [6.45, 7) is 1.65. The highest BCUT2D eigenvalue weighted by atomic mass is 16.1. The van der Waals surface area contributed by atoms with Gasteiger partial charge >= 0.3 is 0 Å². The number of carbonyl (C=O) groups is 1. The van der Waals surface area contributed by atoms with E-state index in [1.807, 2.05) is 0 Å². The van der Waals surface area contributed by atoms with Gasteiger partial charge in [0.05, 0.1) is 0 Å². The van der Waals surface area contributed by atoms with Crippen LogP contribution in [0, 0.1) is 0 Å². The highest BCUT2D eigenvalue weighted by molar-refractivity contribution is 5.91. The van der Waals surface area contributed by atoms with Gasteiger partial charge in [0.1, 0.15) is 0 Å². The first-order valence-corrected chi connectivity index (χ1v) is 2.32. The maximum Gasteiger partial charge on any atom is 0.245 e. The van der Waals surface area contributed by atoms with E-state index >= 15 is 0 Å². The number of carbonyl (C=O) groups excluding carboxylic acids is 1. The molecule has 0 aliphatic carbocycles. The third kappa shape index (κ3) is 2.23. The maximum absolute atomic E-state index is 10.2. The highest BCUT2D eigenvalue weighted by Gasteiger charge is 1.92. The molecule has 0 rings (SSSR count). The number of nitrogens with two attached hydrogens (primary N) is 1. The average Bonchev–Trinajstić information content (AvgIpc) is 1.67. The lowest BCUT2D eigenvalue weighted by Crippen LogP contribution is -2.13. The van der Waals surface area contributed by atoms with Gasteiger partial charge in [-0.25, -0.2) is 0 Å². The fourth-order valence-corrected chi connectivity index (χ4v) is 0.288. The molecule has 0 heterocycles. The molecule has 0 aromatic heterocycles. The molecule has 0 saturated carbocycles. The van der Waals surface area contributed by atoms with Crippen molar-refractivity contribution in [1.82, 2.24) is 5.32 Å². The molecule has 0 saturated heterocycles. The molecular formula is C5H10N2O. The van der Waals surface area contributed by atoms with Crippen molar-refractivity contribution in [3.8, 4) is 0 Å². The topological polar surface area (TPSA) is 55.1 Å². The standard InChI is InChI=1S/C5H10N2O/c1-4(3-7-2)5(6)8/h3,7H,1-2H3,(H2,6,8). The molecule has 0 radical (unpaired) electrons. The van der Waals surface area contributed by atoms with Crippen LogP contribution < -0.4 is 11.1 Å². The van der Waals surface area contributed by atoms with Crippen molar-refractivity contribution in [2.45, 2.75) is 6.92 Å². The Morgan fingerprint density at radius 3 is 2.38 bits per heavy atom. The molecule has 0 unspecified atom stereocenters. The van der Waals surface area contributed by atoms with Crippen LogP contribution in [-0.2, 0) is 4.79 Å². The fourth-order valence-electron chi connectivity index (χ4n) is 0.288. The third-order valence-corrected chi connectivity index (χ3v) is 0.750. The van der Waals surface area contributed by atoms with E-state index in [-0.39, 0.29) is 5.91 Å². The zero-order chi connectivity index (χ0) is 6.57. The van der Waals surface area contributed by atoms with Crippen LogP contribution in [0.1, 0.15) is 6.92 Å². The van der Waals surface area contributed by atoms with Gasteiger partial charge in [0.25, 0.3) is 0 Å². The van der Waals surface area contributed by atoms with Gasteiger partial charge in [0.15, 0.2) is 0 Å². The van der Waals surface area contributed by atoms with Crippen molar-refractivity contribution in [1.29, 1.82) is 0 Å². The first-order valence-electron chi connectivity index (χ1n) is 2.32. The van der Waals surface area contributed by atoms with E-state index in [9.17, 15) is 4.79 Å². The van der Waals surface area contributed by atoms with Crippen LogP contribution in [0.5, 0.6) is 0 Å². The van der Waals surface area contributed by atoms with Crippen LogP contribution in [0.25, 0.3) is 0 Å². The third-order valence-electron chi connectivity index (χ3n) is 0.750. The Labute approximate surface area is 48.6 Å². The second kappa shape index (κ2) is 3.07. The fraction of sp³-hybridized carbons (Fsp3) is 0.400. The summed E-state index contributed by atoms with van der Waals surface area (Å²) in [7, 11) is 1.71. The number of hydrogen-bond donors (Lipinski definition) is 2. The van der Waals surface area contributed by atoms with E-state index in [0.717, 1.165) is 0 Å². The van der Waals surface area contributed by atoms with Gasteiger partial charge in [-0.05, 0) is 6.92 Å². The summed E-state index contributed by atoms with van der Waals surface area (Å²) in [6.07, 6.45) is 1.56. The molecule has 3 nitrogen and oxygen atoms in total. The Morgan fingerprint density at radius 1 is 1.75 bits per heavy atom. The van der Waals surface area contributed by atoms with Crippen LogP contribution >= 0.6 is 0 Å². The van der Waals surface area contributed by atoms with Gasteiger partial charge in [0, 0.05) is 18.8 Å². The first-order chi connectivity index (χ1) is 3.68. The van der Waals surface area contributed by atoms with Crippen LogP contribution in [0.3, 0.4) is 0 Å². The number of primary amides is 1. The zero-order valence-corrected chi connectivity index (χ0v) is 5.06. The van der Waals surface area contributed by atoms with Gasteiger partial charge < -0.3 is 11.1 Å². The second-order valence-corrected chi connectivity index (χ2v) is 1.48. The Hall–Kier alpha value is -0.990. The van der Waals surface area contributed by atoms with E-state index in [4.69, 9.17) is 5.73 Å². The lowest BCUT2D eigenvalue weighted by Gasteiger charge is -1.90. The minimum absolute atomic E-state index is 0.389. The lowest BCUT2D eigenvalue weighted by molar-refractivity contribution is -0.114. The van der Waals surface area contributed by atoms with Crippen molar-refractivity contribution in [2.75, 3.05) is 7.05 Å². The zero-order valence-electron chi connectivity index (χ0n) is 5.06. The molecule has 8 heavy (non-hydrogen) atoms. The molecule has 0 bridgehead atoms. The number of rotatable bonds is 2. The second-order valence-electron chi connectivity index (χ2n) is 1.48. The van der Waals surface area contributed by atoms with Gasteiger partial charge in [-0.1, -0.05) is 0 Å². The normalized spacial score (nSPS) is 11.0. The summed E-state index contributed by atoms with van der Waals surface area (Å²) < 4.78 is 0. The first kappa shape index (κ1) is 7.01. The van der Waals surface area contributed by atoms with Gasteiger partial charge in [-0.3, -0.25) is 4.79 Å². The number of hydrogen-bond acceptors (Lipinski definition) is 2. The van der Waals surface area contributed by atoms with Gasteiger partial charge in [-0.15, -0.1) is 0 Å². The van der Waals surface area contributed by atoms with Crippen LogP contribution in [0.15, 0.2) is 11.8 Å². The van der Waals surface area contributed by atoms with Crippen molar-refractivity contribution >= 4 is 5.91 Å². The smallest absolute Gasteiger partial charge is 0.245 e. The highest BCUT2D eigenvalue weighted by Crippen LogP contribution is 1.83. The number of nitrogens with one attached hydrogen (secondary N) is 1. The monoisotopic (exact) mass is 114 g/mol. The molecule has 46 valence electrons. The summed E-state index contributed by atoms with van der Waals surface area (Å²) in [5.74, 6) is -0.389. The summed E-state index contributed by atoms with van der Waals surface area (Å²) in [5, 5.41) is 2.69. The summed E-state index contributed by atoms with van der Waals surface area (Å²) in [5.41, 5.74) is 5.41. The minimum Gasteiger partial charge on any atom is -0.394 e. The number of amides is 1. The molecule has 0 aliphatic heterocycles. The summed E-state index contributed by atoms with van der Waals surface area (Å²) >= 11 is 0. The molecule has 0 fully saturated rings. The molecule has 3 heteroatoms. The van der Waals surface area contributed by atoms with Crippen molar-refractivity contribution in [3.05, 3.63) is 11.8 Å². The van der Waals surface area contributed by atoms with E-state index in [0.29, 0.717) is 5.57 Å². The Morgan fingerprint density at radius 2 is 2.25 bits per heavy atom. The van der Waals surface area contributed by atoms with Crippen LogP contribution in [0.4, 0.5) is 0 Å². The van der Waals surface area contributed by atoms with Crippen molar-refractivity contribution in [3.63, 3.8) is 0 Å². The van der Waals surface area contributed by atoms with E-state index < -0.39 is 0 Å². The summed E-state index contributed by atoms with van der Waals surface area (Å²) in [4.78, 5) is 10.2. The Bertz CT molecular complexity index is 118. The average molecular weight is 114 g/mol. The van der Waals surface area contributed by atoms with Gasteiger partial charge in [-0.2, -0.15) is 0 Å². The molecule has 1 amide bonds. The quantitative estimate of drug-likeness (QED) is 0.480. The predicted octanol–water partition coefficient (Wildman–Crippen LogP) is -0.405. The van der Waals surface area contributed by atoms with E-state index in [2.05, 4.69) is 5.32 Å². The Kier molecular flexibility index (Phi) is 2.69. The molecule has 0 aromatic rings. The minimum atomic E-state index is -0.389. The molecule has 0 aromatic carbocycles. The van der Waals surface area contributed by atoms with E-state index in [1.165, 1.54) is 0 Å². The summed E-state index contributed by atoms with van der Waals surface area (Å²) in [6, 6.07) is 0. The largest absolute Gasteiger partial charge is 0.394 e. The molecule has 0 atom stereocenters. The molecule has 3 N–H and O–H groups in total. The molecule has 0 spiro atoms. The van der Waals surface area contributed by atoms with Crippen molar-refractivity contribution < 1.29 is 4.79 Å². The van der Waals surface area contributed by atoms with Gasteiger partial charge in [0.2, 0.25) is 5.91 Å².